The molecule has 0 aliphatic carbocycles. The number of thiophene rings is 1. The van der Waals surface area contributed by atoms with Crippen LogP contribution in [0.4, 0.5) is 0 Å². The summed E-state index contributed by atoms with van der Waals surface area (Å²) in [5, 5.41) is 6.66. The monoisotopic (exact) mass is 234 g/mol. The van der Waals surface area contributed by atoms with E-state index in [1.54, 1.807) is 18.4 Å². The van der Waals surface area contributed by atoms with E-state index in [2.05, 4.69) is 10.0 Å². The fraction of sp³-hybridized carbons (Fsp3) is 0.500. The van der Waals surface area contributed by atoms with Gasteiger partial charge in [-0.2, -0.15) is 11.3 Å². The van der Waals surface area contributed by atoms with Crippen LogP contribution in [0.25, 0.3) is 0 Å². The quantitative estimate of drug-likeness (QED) is 0.748. The van der Waals surface area contributed by atoms with Crippen LogP contribution in [0.3, 0.4) is 0 Å². The van der Waals surface area contributed by atoms with E-state index in [-0.39, 0.29) is 5.75 Å². The average molecular weight is 234 g/mol. The van der Waals surface area contributed by atoms with Crippen molar-refractivity contribution < 1.29 is 8.42 Å². The molecule has 1 heterocycles. The lowest BCUT2D eigenvalue weighted by molar-refractivity contribution is 0.579. The minimum atomic E-state index is -3.13. The molecule has 1 rings (SSSR count). The summed E-state index contributed by atoms with van der Waals surface area (Å²) in [5.74, 6) is 0.119. The summed E-state index contributed by atoms with van der Waals surface area (Å²) in [5.41, 5.74) is 1.00. The van der Waals surface area contributed by atoms with E-state index in [0.717, 1.165) is 5.56 Å². The lowest BCUT2D eigenvalue weighted by Crippen LogP contribution is -2.30. The Morgan fingerprint density at radius 3 is 2.86 bits per heavy atom. The van der Waals surface area contributed by atoms with Gasteiger partial charge in [-0.1, -0.05) is 0 Å². The Morgan fingerprint density at radius 1 is 1.50 bits per heavy atom. The summed E-state index contributed by atoms with van der Waals surface area (Å²) in [6.07, 6.45) is 0. The number of nitrogens with one attached hydrogen (secondary N) is 2. The van der Waals surface area contributed by atoms with Gasteiger partial charge in [-0.25, -0.2) is 13.1 Å². The Labute approximate surface area is 88.4 Å². The van der Waals surface area contributed by atoms with Crippen LogP contribution >= 0.6 is 11.3 Å². The summed E-state index contributed by atoms with van der Waals surface area (Å²) < 4.78 is 25.2. The zero-order valence-electron chi connectivity index (χ0n) is 7.99. The second-order valence-electron chi connectivity index (χ2n) is 2.88. The van der Waals surface area contributed by atoms with Gasteiger partial charge in [-0.15, -0.1) is 0 Å². The molecule has 80 valence electrons. The molecule has 0 atom stereocenters. The molecule has 0 fully saturated rings. The molecule has 2 N–H and O–H groups in total. The Hall–Kier alpha value is -0.430. The maximum atomic E-state index is 11.3. The third-order valence-electron chi connectivity index (χ3n) is 1.70. The number of sulfonamides is 1. The van der Waals surface area contributed by atoms with Gasteiger partial charge >= 0.3 is 0 Å². The minimum Gasteiger partial charge on any atom is -0.319 e. The van der Waals surface area contributed by atoms with Crippen molar-refractivity contribution >= 4 is 21.4 Å². The highest BCUT2D eigenvalue weighted by Crippen LogP contribution is 2.05. The first-order valence-electron chi connectivity index (χ1n) is 4.27. The number of rotatable bonds is 6. The molecule has 1 aromatic rings. The molecule has 0 aliphatic heterocycles. The molecule has 0 spiro atoms. The van der Waals surface area contributed by atoms with Crippen molar-refractivity contribution in [3.05, 3.63) is 22.4 Å². The van der Waals surface area contributed by atoms with E-state index < -0.39 is 10.0 Å². The van der Waals surface area contributed by atoms with Gasteiger partial charge in [0, 0.05) is 13.1 Å². The first-order valence-corrected chi connectivity index (χ1v) is 6.86. The molecule has 1 aromatic heterocycles. The molecule has 4 nitrogen and oxygen atoms in total. The van der Waals surface area contributed by atoms with E-state index in [1.807, 2.05) is 16.8 Å². The van der Waals surface area contributed by atoms with Crippen LogP contribution in [0.2, 0.25) is 0 Å². The highest BCUT2D eigenvalue weighted by atomic mass is 32.2. The Kier molecular flexibility index (Phi) is 4.53. The van der Waals surface area contributed by atoms with Crippen molar-refractivity contribution in [1.29, 1.82) is 0 Å². The van der Waals surface area contributed by atoms with Crippen LogP contribution < -0.4 is 10.0 Å². The molecule has 0 aromatic carbocycles. The number of hydrogen-bond acceptors (Lipinski definition) is 4. The lowest BCUT2D eigenvalue weighted by atomic mass is 10.4. The van der Waals surface area contributed by atoms with Gasteiger partial charge in [0.1, 0.15) is 0 Å². The summed E-state index contributed by atoms with van der Waals surface area (Å²) in [6.45, 7) is 0.856. The van der Waals surface area contributed by atoms with Crippen molar-refractivity contribution in [2.45, 2.75) is 6.54 Å². The van der Waals surface area contributed by atoms with E-state index in [1.165, 1.54) is 0 Å². The van der Waals surface area contributed by atoms with Crippen LogP contribution in [-0.2, 0) is 16.6 Å². The third kappa shape index (κ3) is 4.19. The summed E-state index contributed by atoms with van der Waals surface area (Å²) in [7, 11) is -1.40. The zero-order valence-corrected chi connectivity index (χ0v) is 9.62. The maximum absolute atomic E-state index is 11.3. The predicted molar refractivity (Wildman–Crippen MR) is 58.9 cm³/mol. The molecule has 0 saturated heterocycles. The van der Waals surface area contributed by atoms with Gasteiger partial charge in [0.05, 0.1) is 5.75 Å². The van der Waals surface area contributed by atoms with Gasteiger partial charge in [-0.05, 0) is 29.4 Å². The smallest absolute Gasteiger partial charge is 0.213 e. The molecule has 0 radical (unpaired) electrons. The van der Waals surface area contributed by atoms with Gasteiger partial charge in [0.15, 0.2) is 0 Å². The first kappa shape index (κ1) is 11.6. The normalized spacial score (nSPS) is 11.8. The first-order chi connectivity index (χ1) is 6.64. The lowest BCUT2D eigenvalue weighted by Gasteiger charge is -2.04. The summed E-state index contributed by atoms with van der Waals surface area (Å²) in [6, 6.07) is 1.91. The molecular weight excluding hydrogens is 220 g/mol. The van der Waals surface area contributed by atoms with Crippen molar-refractivity contribution in [3.8, 4) is 0 Å². The van der Waals surface area contributed by atoms with E-state index >= 15 is 0 Å². The minimum absolute atomic E-state index is 0.119. The predicted octanol–water partition coefficient (Wildman–Crippen LogP) is 0.387. The van der Waals surface area contributed by atoms with Gasteiger partial charge in [0.2, 0.25) is 10.0 Å². The maximum Gasteiger partial charge on any atom is 0.213 e. The highest BCUT2D eigenvalue weighted by molar-refractivity contribution is 7.89. The largest absolute Gasteiger partial charge is 0.319 e. The van der Waals surface area contributed by atoms with Crippen molar-refractivity contribution in [2.24, 2.45) is 0 Å². The fourth-order valence-corrected chi connectivity index (χ4v) is 2.57. The van der Waals surface area contributed by atoms with Crippen LogP contribution in [0.5, 0.6) is 0 Å². The third-order valence-corrected chi connectivity index (χ3v) is 3.75. The molecule has 6 heteroatoms. The highest BCUT2D eigenvalue weighted by Gasteiger charge is 2.08. The fourth-order valence-electron chi connectivity index (χ4n) is 0.895. The molecule has 0 amide bonds. The Bertz CT molecular complexity index is 345. The molecule has 14 heavy (non-hydrogen) atoms. The average Bonchev–Trinajstić information content (AvgIpc) is 2.64. The summed E-state index contributed by atoms with van der Waals surface area (Å²) in [4.78, 5) is 0. The number of hydrogen-bond donors (Lipinski definition) is 2. The van der Waals surface area contributed by atoms with Crippen molar-refractivity contribution in [3.63, 3.8) is 0 Å². The van der Waals surface area contributed by atoms with Crippen LogP contribution in [0, 0.1) is 0 Å². The SMILES string of the molecule is CNCCS(=O)(=O)NCc1ccsc1. The molecule has 0 unspecified atom stereocenters. The molecule has 0 aliphatic rings. The van der Waals surface area contributed by atoms with E-state index in [9.17, 15) is 8.42 Å². The topological polar surface area (TPSA) is 58.2 Å². The second-order valence-corrected chi connectivity index (χ2v) is 5.58. The molecular formula is C8H14N2O2S2. The molecule has 0 saturated carbocycles. The zero-order chi connectivity index (χ0) is 10.4. The molecule has 0 bridgehead atoms. The van der Waals surface area contributed by atoms with Crippen LogP contribution in [-0.4, -0.2) is 27.8 Å². The van der Waals surface area contributed by atoms with Gasteiger partial charge in [-0.3, -0.25) is 0 Å². The second kappa shape index (κ2) is 5.45. The summed E-state index contributed by atoms with van der Waals surface area (Å²) >= 11 is 1.56. The van der Waals surface area contributed by atoms with Crippen LogP contribution in [0.15, 0.2) is 16.8 Å². The van der Waals surface area contributed by atoms with Gasteiger partial charge < -0.3 is 5.32 Å². The van der Waals surface area contributed by atoms with Gasteiger partial charge in [0.25, 0.3) is 0 Å². The van der Waals surface area contributed by atoms with Crippen molar-refractivity contribution in [1.82, 2.24) is 10.0 Å². The standard InChI is InChI=1S/C8H14N2O2S2/c1-9-3-5-14(11,12)10-6-8-2-4-13-7-8/h2,4,7,9-10H,3,5-6H2,1H3. The van der Waals surface area contributed by atoms with E-state index in [4.69, 9.17) is 0 Å². The van der Waals surface area contributed by atoms with Crippen molar-refractivity contribution in [2.75, 3.05) is 19.3 Å². The van der Waals surface area contributed by atoms with Crippen LogP contribution in [0.1, 0.15) is 5.56 Å². The Morgan fingerprint density at radius 2 is 2.29 bits per heavy atom. The van der Waals surface area contributed by atoms with E-state index in [0.29, 0.717) is 13.1 Å². The Balaban J connectivity index is 2.37.